The highest BCUT2D eigenvalue weighted by Crippen LogP contribution is 2.44. The van der Waals surface area contributed by atoms with Crippen molar-refractivity contribution in [3.63, 3.8) is 0 Å². The first-order valence-electron chi connectivity index (χ1n) is 8.41. The van der Waals surface area contributed by atoms with Gasteiger partial charge < -0.3 is 15.3 Å². The van der Waals surface area contributed by atoms with Crippen LogP contribution in [0.2, 0.25) is 0 Å². The number of carbonyl (C=O) groups excluding carboxylic acids is 2. The van der Waals surface area contributed by atoms with Crippen LogP contribution >= 0.6 is 0 Å². The zero-order chi connectivity index (χ0) is 17.2. The van der Waals surface area contributed by atoms with E-state index in [0.29, 0.717) is 25.8 Å². The van der Waals surface area contributed by atoms with Crippen molar-refractivity contribution in [1.82, 2.24) is 5.32 Å². The lowest BCUT2D eigenvalue weighted by Gasteiger charge is -2.38. The summed E-state index contributed by atoms with van der Waals surface area (Å²) in [6.45, 7) is 0.633. The standard InChI is InChI=1S/C18H22N2O4/c21-15(12-18(17(23)24)9-5-10-18)19-14-8-4-11-20(16(14)22)13-6-2-1-3-7-13/h1-3,6-7,14H,4-5,8-12H2,(H,19,21)(H,23,24). The minimum Gasteiger partial charge on any atom is -0.481 e. The predicted molar refractivity (Wildman–Crippen MR) is 88.5 cm³/mol. The van der Waals surface area contributed by atoms with Gasteiger partial charge in [-0.25, -0.2) is 0 Å². The lowest BCUT2D eigenvalue weighted by molar-refractivity contribution is -0.157. The summed E-state index contributed by atoms with van der Waals surface area (Å²) in [6.07, 6.45) is 3.25. The summed E-state index contributed by atoms with van der Waals surface area (Å²) in [5, 5.41) is 12.1. The maximum Gasteiger partial charge on any atom is 0.310 e. The number of benzene rings is 1. The first kappa shape index (κ1) is 16.5. The van der Waals surface area contributed by atoms with Gasteiger partial charge in [0, 0.05) is 18.7 Å². The van der Waals surface area contributed by atoms with Gasteiger partial charge in [0.1, 0.15) is 6.04 Å². The smallest absolute Gasteiger partial charge is 0.310 e. The van der Waals surface area contributed by atoms with Crippen molar-refractivity contribution in [3.8, 4) is 0 Å². The van der Waals surface area contributed by atoms with Crippen molar-refractivity contribution in [2.75, 3.05) is 11.4 Å². The van der Waals surface area contributed by atoms with Crippen molar-refractivity contribution in [1.29, 1.82) is 0 Å². The molecule has 0 radical (unpaired) electrons. The van der Waals surface area contributed by atoms with Gasteiger partial charge in [-0.05, 0) is 37.8 Å². The summed E-state index contributed by atoms with van der Waals surface area (Å²) in [5.41, 5.74) is -0.108. The number of nitrogens with one attached hydrogen (secondary N) is 1. The summed E-state index contributed by atoms with van der Waals surface area (Å²) < 4.78 is 0. The Morgan fingerprint density at radius 3 is 2.50 bits per heavy atom. The molecular weight excluding hydrogens is 308 g/mol. The number of para-hydroxylation sites is 1. The summed E-state index contributed by atoms with van der Waals surface area (Å²) in [5.74, 6) is -1.38. The van der Waals surface area contributed by atoms with Gasteiger partial charge in [0.15, 0.2) is 0 Å². The van der Waals surface area contributed by atoms with Gasteiger partial charge in [0.05, 0.1) is 5.41 Å². The zero-order valence-corrected chi connectivity index (χ0v) is 13.5. The molecule has 2 aliphatic rings. The Morgan fingerprint density at radius 2 is 1.92 bits per heavy atom. The van der Waals surface area contributed by atoms with E-state index in [1.165, 1.54) is 0 Å². The normalized spacial score (nSPS) is 22.6. The van der Waals surface area contributed by atoms with E-state index in [0.717, 1.165) is 18.5 Å². The third-order valence-corrected chi connectivity index (χ3v) is 5.11. The molecule has 1 saturated carbocycles. The topological polar surface area (TPSA) is 86.7 Å². The molecular formula is C18H22N2O4. The lowest BCUT2D eigenvalue weighted by Crippen LogP contribution is -2.53. The molecule has 1 heterocycles. The summed E-state index contributed by atoms with van der Waals surface area (Å²) in [4.78, 5) is 38.0. The molecule has 3 rings (SSSR count). The van der Waals surface area contributed by atoms with Crippen molar-refractivity contribution in [2.24, 2.45) is 5.41 Å². The second kappa shape index (κ2) is 6.63. The molecule has 1 aromatic carbocycles. The van der Waals surface area contributed by atoms with Gasteiger partial charge in [-0.1, -0.05) is 24.6 Å². The largest absolute Gasteiger partial charge is 0.481 e. The van der Waals surface area contributed by atoms with E-state index < -0.39 is 17.4 Å². The lowest BCUT2D eigenvalue weighted by atomic mass is 9.66. The molecule has 2 amide bonds. The highest BCUT2D eigenvalue weighted by atomic mass is 16.4. The number of piperidine rings is 1. The number of amides is 2. The van der Waals surface area contributed by atoms with E-state index in [1.807, 2.05) is 30.3 Å². The quantitative estimate of drug-likeness (QED) is 0.864. The molecule has 1 aromatic rings. The van der Waals surface area contributed by atoms with Gasteiger partial charge in [0.25, 0.3) is 0 Å². The highest BCUT2D eigenvalue weighted by Gasteiger charge is 2.46. The molecule has 6 nitrogen and oxygen atoms in total. The Bertz CT molecular complexity index is 640. The zero-order valence-electron chi connectivity index (χ0n) is 13.5. The van der Waals surface area contributed by atoms with Gasteiger partial charge in [-0.15, -0.1) is 0 Å². The minimum atomic E-state index is -0.930. The maximum absolute atomic E-state index is 12.6. The average Bonchev–Trinajstić information content (AvgIpc) is 2.53. The molecule has 0 bridgehead atoms. The predicted octanol–water partition coefficient (Wildman–Crippen LogP) is 1.94. The number of hydrogen-bond donors (Lipinski definition) is 2. The molecule has 2 N–H and O–H groups in total. The van der Waals surface area contributed by atoms with Crippen LogP contribution in [0.15, 0.2) is 30.3 Å². The van der Waals surface area contributed by atoms with E-state index in [1.54, 1.807) is 4.90 Å². The Kier molecular flexibility index (Phi) is 4.55. The van der Waals surface area contributed by atoms with Crippen LogP contribution in [0.1, 0.15) is 38.5 Å². The van der Waals surface area contributed by atoms with Crippen LogP contribution in [0.4, 0.5) is 5.69 Å². The molecule has 1 saturated heterocycles. The number of carboxylic acid groups (broad SMARTS) is 1. The Balaban J connectivity index is 1.63. The number of carbonyl (C=O) groups is 3. The van der Waals surface area contributed by atoms with Crippen LogP contribution in [0.5, 0.6) is 0 Å². The van der Waals surface area contributed by atoms with Gasteiger partial charge >= 0.3 is 5.97 Å². The molecule has 128 valence electrons. The minimum absolute atomic E-state index is 0.0442. The molecule has 2 fully saturated rings. The molecule has 24 heavy (non-hydrogen) atoms. The van der Waals surface area contributed by atoms with E-state index in [-0.39, 0.29) is 18.2 Å². The Labute approximate surface area is 140 Å². The Morgan fingerprint density at radius 1 is 1.21 bits per heavy atom. The van der Waals surface area contributed by atoms with Gasteiger partial charge in [-0.2, -0.15) is 0 Å². The van der Waals surface area contributed by atoms with Crippen molar-refractivity contribution in [3.05, 3.63) is 30.3 Å². The van der Waals surface area contributed by atoms with Crippen LogP contribution in [0, 0.1) is 5.41 Å². The van der Waals surface area contributed by atoms with Gasteiger partial charge in [-0.3, -0.25) is 14.4 Å². The molecule has 0 spiro atoms. The number of aliphatic carboxylic acids is 1. The number of carboxylic acids is 1. The third kappa shape index (κ3) is 3.13. The Hall–Kier alpha value is -2.37. The van der Waals surface area contributed by atoms with Crippen LogP contribution in [-0.2, 0) is 14.4 Å². The molecule has 1 atom stereocenters. The van der Waals surface area contributed by atoms with Crippen LogP contribution in [0.3, 0.4) is 0 Å². The fourth-order valence-corrected chi connectivity index (χ4v) is 3.50. The second-order valence-electron chi connectivity index (χ2n) is 6.70. The molecule has 1 aliphatic carbocycles. The van der Waals surface area contributed by atoms with E-state index in [9.17, 15) is 19.5 Å². The highest BCUT2D eigenvalue weighted by molar-refractivity contribution is 6.00. The van der Waals surface area contributed by atoms with Crippen molar-refractivity contribution >= 4 is 23.5 Å². The molecule has 1 unspecified atom stereocenters. The molecule has 0 aromatic heterocycles. The average molecular weight is 330 g/mol. The monoisotopic (exact) mass is 330 g/mol. The third-order valence-electron chi connectivity index (χ3n) is 5.11. The number of nitrogens with zero attached hydrogens (tertiary/aromatic N) is 1. The van der Waals surface area contributed by atoms with Crippen LogP contribution < -0.4 is 10.2 Å². The summed E-state index contributed by atoms with van der Waals surface area (Å²) in [6, 6.07) is 8.81. The van der Waals surface area contributed by atoms with Crippen molar-refractivity contribution in [2.45, 2.75) is 44.6 Å². The summed E-state index contributed by atoms with van der Waals surface area (Å²) in [7, 11) is 0. The first-order valence-corrected chi connectivity index (χ1v) is 8.41. The number of anilines is 1. The number of rotatable bonds is 5. The molecule has 1 aliphatic heterocycles. The first-order chi connectivity index (χ1) is 11.5. The van der Waals surface area contributed by atoms with E-state index in [2.05, 4.69) is 5.32 Å². The maximum atomic E-state index is 12.6. The van der Waals surface area contributed by atoms with E-state index >= 15 is 0 Å². The second-order valence-corrected chi connectivity index (χ2v) is 6.70. The van der Waals surface area contributed by atoms with Gasteiger partial charge in [0.2, 0.25) is 11.8 Å². The SMILES string of the molecule is O=C(CC1(C(=O)O)CCC1)NC1CCCN(c2ccccc2)C1=O. The van der Waals surface area contributed by atoms with E-state index in [4.69, 9.17) is 0 Å². The molecule has 6 heteroatoms. The van der Waals surface area contributed by atoms with Crippen molar-refractivity contribution < 1.29 is 19.5 Å². The number of hydrogen-bond acceptors (Lipinski definition) is 3. The van der Waals surface area contributed by atoms with Crippen LogP contribution in [-0.4, -0.2) is 35.5 Å². The fourth-order valence-electron chi connectivity index (χ4n) is 3.50. The summed E-state index contributed by atoms with van der Waals surface area (Å²) >= 11 is 0. The fraction of sp³-hybridized carbons (Fsp3) is 0.500. The van der Waals surface area contributed by atoms with Crippen LogP contribution in [0.25, 0.3) is 0 Å².